The van der Waals surface area contributed by atoms with E-state index >= 15 is 0 Å². The molecule has 2 atom stereocenters. The number of carbonyl (C=O) groups is 1. The van der Waals surface area contributed by atoms with Gasteiger partial charge in [-0.1, -0.05) is 50.3 Å². The second kappa shape index (κ2) is 8.65. The maximum Gasteiger partial charge on any atom is 0.125 e. The van der Waals surface area contributed by atoms with Crippen LogP contribution in [0.1, 0.15) is 32.3 Å². The number of ether oxygens (including phenoxy) is 1. The van der Waals surface area contributed by atoms with Gasteiger partial charge in [0.15, 0.2) is 0 Å². The first-order valence-corrected chi connectivity index (χ1v) is 6.89. The summed E-state index contributed by atoms with van der Waals surface area (Å²) < 4.78 is 5.97. The summed E-state index contributed by atoms with van der Waals surface area (Å²) in [5, 5.41) is 0. The maximum atomic E-state index is 11.2. The van der Waals surface area contributed by atoms with E-state index < -0.39 is 0 Å². The molecule has 0 aromatic heterocycles. The Labute approximate surface area is 116 Å². The lowest BCUT2D eigenvalue weighted by molar-refractivity contribution is -0.117. The molecule has 0 spiro atoms. The molecule has 0 N–H and O–H groups in total. The molecular weight excluding hydrogens is 236 g/mol. The van der Waals surface area contributed by atoms with Crippen LogP contribution in [0.15, 0.2) is 43.0 Å². The quantitative estimate of drug-likeness (QED) is 0.495. The molecule has 1 aromatic carbocycles. The van der Waals surface area contributed by atoms with E-state index in [0.29, 0.717) is 18.9 Å². The molecule has 0 saturated carbocycles. The number of allylic oxidation sites excluding steroid dienone is 1. The summed E-state index contributed by atoms with van der Waals surface area (Å²) in [7, 11) is 0. The molecule has 0 amide bonds. The minimum absolute atomic E-state index is 0.0318. The third-order valence-electron chi connectivity index (χ3n) is 3.10. The van der Waals surface area contributed by atoms with Crippen molar-refractivity contribution < 1.29 is 9.53 Å². The first kappa shape index (κ1) is 15.6. The fraction of sp³-hybridized carbons (Fsp3) is 0.471. The van der Waals surface area contributed by atoms with Crippen LogP contribution in [0, 0.1) is 11.8 Å². The van der Waals surface area contributed by atoms with E-state index in [0.717, 1.165) is 18.3 Å². The maximum absolute atomic E-state index is 11.2. The molecule has 2 unspecified atom stereocenters. The summed E-state index contributed by atoms with van der Waals surface area (Å²) in [5.74, 6) is 0.414. The van der Waals surface area contributed by atoms with Gasteiger partial charge in [0, 0.05) is 5.92 Å². The Bertz CT molecular complexity index is 370. The highest BCUT2D eigenvalue weighted by atomic mass is 16.5. The van der Waals surface area contributed by atoms with Crippen LogP contribution in [0.25, 0.3) is 0 Å². The minimum Gasteiger partial charge on any atom is -0.373 e. The number of aldehydes is 1. The van der Waals surface area contributed by atoms with Crippen molar-refractivity contribution in [1.82, 2.24) is 0 Å². The Balaban J connectivity index is 2.62. The number of benzene rings is 1. The molecule has 2 heteroatoms. The standard InChI is InChI=1S/C17H24O2/c1-4-8-16(12-18)17(11-14(2)3)19-13-15-9-6-5-7-10-15/h4-7,9-10,12,14,16-17H,1,8,11,13H2,2-3H3. The number of rotatable bonds is 9. The molecule has 0 radical (unpaired) electrons. The normalized spacial score (nSPS) is 14.1. The zero-order valence-electron chi connectivity index (χ0n) is 11.9. The van der Waals surface area contributed by atoms with Crippen LogP contribution in [0.5, 0.6) is 0 Å². The van der Waals surface area contributed by atoms with Crippen LogP contribution >= 0.6 is 0 Å². The summed E-state index contributed by atoms with van der Waals surface area (Å²) in [6.45, 7) is 8.56. The van der Waals surface area contributed by atoms with Gasteiger partial charge in [-0.3, -0.25) is 0 Å². The highest BCUT2D eigenvalue weighted by Gasteiger charge is 2.21. The van der Waals surface area contributed by atoms with Crippen molar-refractivity contribution in [3.8, 4) is 0 Å². The summed E-state index contributed by atoms with van der Waals surface area (Å²) in [6, 6.07) is 10.1. The average Bonchev–Trinajstić information content (AvgIpc) is 2.42. The van der Waals surface area contributed by atoms with E-state index in [4.69, 9.17) is 4.74 Å². The van der Waals surface area contributed by atoms with E-state index in [9.17, 15) is 4.79 Å². The van der Waals surface area contributed by atoms with E-state index in [-0.39, 0.29) is 12.0 Å². The molecule has 2 nitrogen and oxygen atoms in total. The molecule has 0 fully saturated rings. The molecule has 1 aromatic rings. The largest absolute Gasteiger partial charge is 0.373 e. The van der Waals surface area contributed by atoms with Crippen molar-refractivity contribution in [2.75, 3.05) is 0 Å². The van der Waals surface area contributed by atoms with Gasteiger partial charge in [-0.15, -0.1) is 6.58 Å². The molecule has 0 aliphatic carbocycles. The van der Waals surface area contributed by atoms with Crippen molar-refractivity contribution in [1.29, 1.82) is 0 Å². The highest BCUT2D eigenvalue weighted by Crippen LogP contribution is 2.20. The Hall–Kier alpha value is -1.41. The summed E-state index contributed by atoms with van der Waals surface area (Å²) >= 11 is 0. The second-order valence-corrected chi connectivity index (χ2v) is 5.29. The van der Waals surface area contributed by atoms with Gasteiger partial charge in [-0.25, -0.2) is 0 Å². The van der Waals surface area contributed by atoms with Gasteiger partial charge < -0.3 is 9.53 Å². The van der Waals surface area contributed by atoms with Crippen LogP contribution in [-0.4, -0.2) is 12.4 Å². The van der Waals surface area contributed by atoms with Gasteiger partial charge in [0.25, 0.3) is 0 Å². The van der Waals surface area contributed by atoms with E-state index in [1.54, 1.807) is 6.08 Å². The Morgan fingerprint density at radius 3 is 2.47 bits per heavy atom. The van der Waals surface area contributed by atoms with Gasteiger partial charge in [0.2, 0.25) is 0 Å². The third-order valence-corrected chi connectivity index (χ3v) is 3.10. The molecule has 0 aliphatic rings. The zero-order chi connectivity index (χ0) is 14.1. The highest BCUT2D eigenvalue weighted by molar-refractivity contribution is 5.54. The first-order valence-electron chi connectivity index (χ1n) is 6.89. The van der Waals surface area contributed by atoms with Crippen LogP contribution in [0.3, 0.4) is 0 Å². The van der Waals surface area contributed by atoms with Gasteiger partial charge in [0.05, 0.1) is 12.7 Å². The van der Waals surface area contributed by atoms with Crippen molar-refractivity contribution >= 4 is 6.29 Å². The second-order valence-electron chi connectivity index (χ2n) is 5.29. The number of carbonyl (C=O) groups excluding carboxylic acids is 1. The van der Waals surface area contributed by atoms with Crippen molar-refractivity contribution in [2.45, 2.75) is 39.4 Å². The summed E-state index contributed by atoms with van der Waals surface area (Å²) in [4.78, 5) is 11.2. The predicted molar refractivity (Wildman–Crippen MR) is 78.8 cm³/mol. The molecule has 0 heterocycles. The van der Waals surface area contributed by atoms with Gasteiger partial charge in [-0.2, -0.15) is 0 Å². The number of hydrogen-bond acceptors (Lipinski definition) is 2. The van der Waals surface area contributed by atoms with Crippen LogP contribution < -0.4 is 0 Å². The van der Waals surface area contributed by atoms with Gasteiger partial charge in [-0.05, 0) is 24.3 Å². The van der Waals surface area contributed by atoms with Gasteiger partial charge in [0.1, 0.15) is 6.29 Å². The van der Waals surface area contributed by atoms with Crippen molar-refractivity contribution in [3.05, 3.63) is 48.6 Å². The molecule has 19 heavy (non-hydrogen) atoms. The molecule has 1 rings (SSSR count). The SMILES string of the molecule is C=CCC(C=O)C(CC(C)C)OCc1ccccc1. The van der Waals surface area contributed by atoms with Crippen LogP contribution in [0.2, 0.25) is 0 Å². The third kappa shape index (κ3) is 5.84. The van der Waals surface area contributed by atoms with Crippen molar-refractivity contribution in [2.24, 2.45) is 11.8 Å². The minimum atomic E-state index is -0.0939. The summed E-state index contributed by atoms with van der Waals surface area (Å²) in [6.07, 6.45) is 4.33. The lowest BCUT2D eigenvalue weighted by atomic mass is 9.93. The number of hydrogen-bond donors (Lipinski definition) is 0. The van der Waals surface area contributed by atoms with Crippen molar-refractivity contribution in [3.63, 3.8) is 0 Å². The smallest absolute Gasteiger partial charge is 0.125 e. The monoisotopic (exact) mass is 260 g/mol. The average molecular weight is 260 g/mol. The van der Waals surface area contributed by atoms with E-state index in [1.807, 2.05) is 30.3 Å². The predicted octanol–water partition coefficient (Wildman–Crippen LogP) is 4.01. The van der Waals surface area contributed by atoms with Crippen LogP contribution in [-0.2, 0) is 16.1 Å². The van der Waals surface area contributed by atoms with E-state index in [1.165, 1.54) is 0 Å². The van der Waals surface area contributed by atoms with E-state index in [2.05, 4.69) is 20.4 Å². The fourth-order valence-electron chi connectivity index (χ4n) is 2.10. The molecule has 0 bridgehead atoms. The Kier molecular flexibility index (Phi) is 7.12. The van der Waals surface area contributed by atoms with Crippen LogP contribution in [0.4, 0.5) is 0 Å². The molecular formula is C17H24O2. The Morgan fingerprint density at radius 1 is 1.26 bits per heavy atom. The molecule has 0 saturated heterocycles. The molecule has 0 aliphatic heterocycles. The molecule has 104 valence electrons. The topological polar surface area (TPSA) is 26.3 Å². The Morgan fingerprint density at radius 2 is 1.95 bits per heavy atom. The lowest BCUT2D eigenvalue weighted by Gasteiger charge is -2.24. The fourth-order valence-corrected chi connectivity index (χ4v) is 2.10. The summed E-state index contributed by atoms with van der Waals surface area (Å²) in [5.41, 5.74) is 1.14. The zero-order valence-corrected chi connectivity index (χ0v) is 11.9. The van der Waals surface area contributed by atoms with Gasteiger partial charge >= 0.3 is 0 Å². The first-order chi connectivity index (χ1) is 9.17. The lowest BCUT2D eigenvalue weighted by Crippen LogP contribution is -2.26.